The van der Waals surface area contributed by atoms with E-state index >= 15 is 0 Å². The third-order valence-corrected chi connectivity index (χ3v) is 5.78. The monoisotopic (exact) mass is 373 g/mol. The lowest BCUT2D eigenvalue weighted by molar-refractivity contribution is 0.122. The summed E-state index contributed by atoms with van der Waals surface area (Å²) in [5, 5.41) is 10.9. The highest BCUT2D eigenvalue weighted by Gasteiger charge is 2.32. The van der Waals surface area contributed by atoms with Crippen molar-refractivity contribution in [2.45, 2.75) is 25.3 Å². The van der Waals surface area contributed by atoms with Crippen LogP contribution in [-0.2, 0) is 4.74 Å². The van der Waals surface area contributed by atoms with E-state index in [0.717, 1.165) is 49.1 Å². The Bertz CT molecular complexity index is 878. The van der Waals surface area contributed by atoms with Gasteiger partial charge in [-0.05, 0) is 29.6 Å². The molecule has 9 nitrogen and oxygen atoms in total. The van der Waals surface area contributed by atoms with Crippen molar-refractivity contribution in [3.8, 4) is 0 Å². The van der Waals surface area contributed by atoms with Gasteiger partial charge in [-0.3, -0.25) is 0 Å². The Hall–Kier alpha value is -2.33. The van der Waals surface area contributed by atoms with Crippen LogP contribution in [0.15, 0.2) is 16.2 Å². The Morgan fingerprint density at radius 3 is 2.58 bits per heavy atom. The van der Waals surface area contributed by atoms with Crippen molar-refractivity contribution in [1.82, 2.24) is 25.3 Å². The number of piperidine rings is 1. The Balaban J connectivity index is 1.61. The number of ether oxygens (including phenoxy) is 1. The number of hydrogen-bond acceptors (Lipinski definition) is 10. The molecule has 2 aliphatic heterocycles. The molecule has 0 saturated carbocycles. The van der Waals surface area contributed by atoms with Crippen LogP contribution in [0.3, 0.4) is 0 Å². The first-order valence-corrected chi connectivity index (χ1v) is 9.77. The molecule has 0 unspecified atom stereocenters. The molecule has 0 aliphatic carbocycles. The molecule has 3 aromatic rings. The summed E-state index contributed by atoms with van der Waals surface area (Å²) in [7, 11) is 0. The van der Waals surface area contributed by atoms with Gasteiger partial charge in [0, 0.05) is 31.2 Å². The number of anilines is 2. The van der Waals surface area contributed by atoms with Gasteiger partial charge in [0.1, 0.15) is 5.01 Å². The van der Waals surface area contributed by atoms with Crippen LogP contribution in [0, 0.1) is 0 Å². The molecule has 10 heteroatoms. The smallest absolute Gasteiger partial charge is 0.245 e. The van der Waals surface area contributed by atoms with Crippen LogP contribution in [0.25, 0.3) is 11.3 Å². The highest BCUT2D eigenvalue weighted by molar-refractivity contribution is 7.09. The first-order chi connectivity index (χ1) is 12.9. The lowest BCUT2D eigenvalue weighted by Gasteiger charge is -2.38. The molecule has 2 saturated heterocycles. The summed E-state index contributed by atoms with van der Waals surface area (Å²) in [6.45, 7) is 3.87. The topological polar surface area (TPSA) is 93.3 Å². The molecule has 0 spiro atoms. The average molecular weight is 373 g/mol. The third-order valence-electron chi connectivity index (χ3n) is 4.90. The number of aromatic nitrogens is 5. The minimum absolute atomic E-state index is 0.218. The Labute approximate surface area is 154 Å². The van der Waals surface area contributed by atoms with Gasteiger partial charge in [0.15, 0.2) is 11.6 Å². The lowest BCUT2D eigenvalue weighted by atomic mass is 10.0. The fraction of sp³-hybridized carbons (Fsp3) is 0.562. The van der Waals surface area contributed by atoms with Crippen LogP contribution in [0.4, 0.5) is 11.6 Å². The zero-order chi connectivity index (χ0) is 17.3. The molecule has 0 bridgehead atoms. The van der Waals surface area contributed by atoms with Gasteiger partial charge in [-0.15, -0.1) is 11.3 Å². The quantitative estimate of drug-likeness (QED) is 0.683. The highest BCUT2D eigenvalue weighted by atomic mass is 32.1. The van der Waals surface area contributed by atoms with E-state index in [9.17, 15) is 0 Å². The van der Waals surface area contributed by atoms with E-state index in [1.54, 1.807) is 11.3 Å². The van der Waals surface area contributed by atoms with E-state index in [4.69, 9.17) is 19.3 Å². The minimum atomic E-state index is 0.218. The summed E-state index contributed by atoms with van der Waals surface area (Å²) in [5.74, 6) is 1.68. The van der Waals surface area contributed by atoms with Crippen LogP contribution < -0.4 is 9.80 Å². The van der Waals surface area contributed by atoms with Crippen molar-refractivity contribution >= 4 is 34.3 Å². The summed E-state index contributed by atoms with van der Waals surface area (Å²) in [4.78, 5) is 18.6. The molecule has 5 rings (SSSR count). The molecule has 0 radical (unpaired) electrons. The second-order valence-electron chi connectivity index (χ2n) is 6.46. The van der Waals surface area contributed by atoms with Crippen molar-refractivity contribution in [2.24, 2.45) is 0 Å². The standard InChI is InChI=1S/C16H19N7O2S/c1-2-5-23(11(3-1)16-17-4-10-26-16)15-14(22-6-8-24-9-7-22)18-12-13(19-15)21-25-20-12/h4,10-11H,1-3,5-9H2/t11-/m1/s1. The fourth-order valence-corrected chi connectivity index (χ4v) is 4.43. The van der Waals surface area contributed by atoms with E-state index in [0.29, 0.717) is 24.5 Å². The minimum Gasteiger partial charge on any atom is -0.378 e. The van der Waals surface area contributed by atoms with E-state index in [-0.39, 0.29) is 6.04 Å². The molecule has 136 valence electrons. The van der Waals surface area contributed by atoms with Crippen molar-refractivity contribution in [3.05, 3.63) is 16.6 Å². The van der Waals surface area contributed by atoms with Crippen LogP contribution in [0.2, 0.25) is 0 Å². The van der Waals surface area contributed by atoms with E-state index in [1.165, 1.54) is 6.42 Å². The maximum atomic E-state index is 5.50. The zero-order valence-electron chi connectivity index (χ0n) is 14.2. The van der Waals surface area contributed by atoms with Crippen LogP contribution >= 0.6 is 11.3 Å². The number of rotatable bonds is 3. The SMILES string of the molecule is c1csc([C@H]2CCCCN2c2nc3nonc3nc2N2CCOCC2)n1. The van der Waals surface area contributed by atoms with E-state index in [2.05, 4.69) is 25.1 Å². The Morgan fingerprint density at radius 1 is 1.00 bits per heavy atom. The summed E-state index contributed by atoms with van der Waals surface area (Å²) >= 11 is 1.69. The third kappa shape index (κ3) is 2.78. The summed E-state index contributed by atoms with van der Waals surface area (Å²) in [6.07, 6.45) is 5.25. The molecule has 0 N–H and O–H groups in total. The number of thiazole rings is 1. The molecule has 5 heterocycles. The number of hydrogen-bond donors (Lipinski definition) is 0. The molecular formula is C16H19N7O2S. The normalized spacial score (nSPS) is 21.5. The molecule has 0 amide bonds. The van der Waals surface area contributed by atoms with Crippen molar-refractivity contribution in [2.75, 3.05) is 42.6 Å². The van der Waals surface area contributed by atoms with Crippen LogP contribution in [-0.4, -0.2) is 58.1 Å². The largest absolute Gasteiger partial charge is 0.378 e. The Morgan fingerprint density at radius 2 is 1.81 bits per heavy atom. The molecule has 2 aliphatic rings. The maximum Gasteiger partial charge on any atom is 0.245 e. The van der Waals surface area contributed by atoms with E-state index < -0.39 is 0 Å². The molecule has 2 fully saturated rings. The second kappa shape index (κ2) is 6.76. The maximum absolute atomic E-state index is 5.50. The molecular weight excluding hydrogens is 354 g/mol. The molecule has 26 heavy (non-hydrogen) atoms. The molecule has 1 atom stereocenters. The van der Waals surface area contributed by atoms with Crippen LogP contribution in [0.5, 0.6) is 0 Å². The highest BCUT2D eigenvalue weighted by Crippen LogP contribution is 2.39. The van der Waals surface area contributed by atoms with Gasteiger partial charge >= 0.3 is 0 Å². The Kier molecular flexibility index (Phi) is 4.13. The van der Waals surface area contributed by atoms with Gasteiger partial charge in [-0.1, -0.05) is 0 Å². The number of nitrogens with zero attached hydrogens (tertiary/aromatic N) is 7. The fourth-order valence-electron chi connectivity index (χ4n) is 3.64. The first kappa shape index (κ1) is 15.9. The van der Waals surface area contributed by atoms with Crippen molar-refractivity contribution < 1.29 is 9.37 Å². The van der Waals surface area contributed by atoms with Crippen LogP contribution in [0.1, 0.15) is 30.3 Å². The average Bonchev–Trinajstić information content (AvgIpc) is 3.39. The van der Waals surface area contributed by atoms with Gasteiger partial charge in [0.2, 0.25) is 11.3 Å². The van der Waals surface area contributed by atoms with Gasteiger partial charge in [0.25, 0.3) is 0 Å². The predicted octanol–water partition coefficient (Wildman–Crippen LogP) is 2.04. The van der Waals surface area contributed by atoms with Crippen molar-refractivity contribution in [3.63, 3.8) is 0 Å². The van der Waals surface area contributed by atoms with Gasteiger partial charge < -0.3 is 14.5 Å². The second-order valence-corrected chi connectivity index (χ2v) is 7.38. The molecule has 0 aromatic carbocycles. The lowest BCUT2D eigenvalue weighted by Crippen LogP contribution is -2.40. The number of morpholine rings is 1. The van der Waals surface area contributed by atoms with Gasteiger partial charge in [0.05, 0.1) is 19.3 Å². The summed E-state index contributed by atoms with van der Waals surface area (Å²) < 4.78 is 10.4. The van der Waals surface area contributed by atoms with E-state index in [1.807, 2.05) is 11.6 Å². The zero-order valence-corrected chi connectivity index (χ0v) is 15.1. The summed E-state index contributed by atoms with van der Waals surface area (Å²) in [6, 6.07) is 0.218. The van der Waals surface area contributed by atoms with Crippen molar-refractivity contribution in [1.29, 1.82) is 0 Å². The first-order valence-electron chi connectivity index (χ1n) is 8.89. The predicted molar refractivity (Wildman–Crippen MR) is 96.5 cm³/mol. The van der Waals surface area contributed by atoms with Gasteiger partial charge in [-0.25, -0.2) is 19.6 Å². The summed E-state index contributed by atoms with van der Waals surface area (Å²) in [5.41, 5.74) is 0.888. The van der Waals surface area contributed by atoms with Gasteiger partial charge in [-0.2, -0.15) is 0 Å². The molecule has 3 aromatic heterocycles. The number of fused-ring (bicyclic) bond motifs is 1.